The highest BCUT2D eigenvalue weighted by atomic mass is 31.3. The Morgan fingerprint density at radius 1 is 1.32 bits per heavy atom. The molecular weight excluding hydrogens is 426 g/mol. The second kappa shape index (κ2) is 7.27. The number of aliphatic hydroxyl groups excluding tert-OH is 2. The maximum absolute atomic E-state index is 11.8. The minimum Gasteiger partial charge on any atom is -0.387 e. The van der Waals surface area contributed by atoms with E-state index in [-0.39, 0.29) is 17.1 Å². The Labute approximate surface area is 154 Å². The van der Waals surface area contributed by atoms with Gasteiger partial charge in [-0.25, -0.2) is 14.1 Å². The molecule has 0 radical (unpaired) electrons. The van der Waals surface area contributed by atoms with Gasteiger partial charge in [0.1, 0.15) is 18.3 Å². The van der Waals surface area contributed by atoms with Gasteiger partial charge >= 0.3 is 15.5 Å². The fourth-order valence-corrected chi connectivity index (χ4v) is 4.49. The molecule has 1 fully saturated rings. The van der Waals surface area contributed by atoms with Gasteiger partial charge < -0.3 is 35.4 Å². The monoisotopic (exact) mass is 442 g/mol. The number of hydrogen-bond donors (Lipinski definition) is 8. The van der Waals surface area contributed by atoms with E-state index >= 15 is 0 Å². The minimum atomic E-state index is -5.07. The third kappa shape index (κ3) is 4.31. The molecule has 2 aromatic rings. The van der Waals surface area contributed by atoms with Crippen molar-refractivity contribution in [3.8, 4) is 0 Å². The van der Waals surface area contributed by atoms with Crippen molar-refractivity contribution < 1.29 is 43.3 Å². The Kier molecular flexibility index (Phi) is 5.46. The van der Waals surface area contributed by atoms with Crippen molar-refractivity contribution in [3.63, 3.8) is 0 Å². The van der Waals surface area contributed by atoms with Crippen LogP contribution >= 0.6 is 15.5 Å². The quantitative estimate of drug-likeness (QED) is 0.209. The average molecular weight is 442 g/mol. The summed E-state index contributed by atoms with van der Waals surface area (Å²) < 4.78 is 33.3. The first-order valence-corrected chi connectivity index (χ1v) is 10.6. The topological polar surface area (TPSA) is 255 Å². The molecule has 5 atom stereocenters. The molecule has 0 bridgehead atoms. The van der Waals surface area contributed by atoms with Crippen molar-refractivity contribution in [2.75, 3.05) is 12.3 Å². The number of imidazole rings is 1. The number of nitrogens with zero attached hydrogens (tertiary/aromatic N) is 3. The molecule has 1 aliphatic heterocycles. The van der Waals surface area contributed by atoms with Crippen molar-refractivity contribution in [3.05, 3.63) is 16.7 Å². The fourth-order valence-electron chi connectivity index (χ4n) is 2.59. The van der Waals surface area contributed by atoms with E-state index in [2.05, 4.69) is 19.5 Å². The number of aromatic amines is 1. The van der Waals surface area contributed by atoms with Crippen LogP contribution in [0.5, 0.6) is 0 Å². The molecule has 156 valence electrons. The van der Waals surface area contributed by atoms with Gasteiger partial charge in [0.05, 0.1) is 12.9 Å². The maximum atomic E-state index is 11.8. The third-order valence-electron chi connectivity index (χ3n) is 3.73. The molecule has 0 aromatic carbocycles. The molecule has 18 heteroatoms. The number of fused-ring (bicyclic) bond motifs is 1. The number of rotatable bonds is 6. The van der Waals surface area contributed by atoms with Gasteiger partial charge in [0.2, 0.25) is 5.95 Å². The summed E-state index contributed by atoms with van der Waals surface area (Å²) in [5, 5.41) is 20.3. The van der Waals surface area contributed by atoms with E-state index in [1.54, 1.807) is 0 Å². The first-order chi connectivity index (χ1) is 12.9. The Hall–Kier alpha value is -1.71. The summed E-state index contributed by atoms with van der Waals surface area (Å²) in [7, 11) is -9.99. The Bertz CT molecular complexity index is 1030. The van der Waals surface area contributed by atoms with Crippen LogP contribution in [0.15, 0.2) is 11.1 Å². The fraction of sp³-hybridized carbons (Fsp3) is 0.500. The molecule has 0 spiro atoms. The lowest BCUT2D eigenvalue weighted by molar-refractivity contribution is -0.0486. The molecule has 0 aliphatic carbocycles. The number of ether oxygens (including phenoxy) is 1. The van der Waals surface area contributed by atoms with Crippen LogP contribution in [0.4, 0.5) is 5.95 Å². The lowest BCUT2D eigenvalue weighted by atomic mass is 10.1. The van der Waals surface area contributed by atoms with Crippen LogP contribution in [-0.2, 0) is 18.4 Å². The lowest BCUT2D eigenvalue weighted by Crippen LogP contribution is -2.34. The van der Waals surface area contributed by atoms with E-state index in [1.807, 2.05) is 0 Å². The average Bonchev–Trinajstić information content (AvgIpc) is 3.06. The van der Waals surface area contributed by atoms with Crippen LogP contribution in [-0.4, -0.2) is 69.3 Å². The Morgan fingerprint density at radius 2 is 2.00 bits per heavy atom. The predicted octanol–water partition coefficient (Wildman–Crippen LogP) is -2.88. The van der Waals surface area contributed by atoms with Crippen LogP contribution in [0.3, 0.4) is 0 Å². The van der Waals surface area contributed by atoms with E-state index in [0.717, 1.165) is 15.8 Å². The zero-order valence-corrected chi connectivity index (χ0v) is 15.5. The first kappa shape index (κ1) is 21.0. The number of aliphatic hydroxyl groups is 2. The molecule has 2 aromatic heterocycles. The number of aromatic nitrogens is 4. The molecule has 1 saturated heterocycles. The third-order valence-corrected chi connectivity index (χ3v) is 6.28. The summed E-state index contributed by atoms with van der Waals surface area (Å²) in [5.74, 6) is -0.225. The maximum Gasteiger partial charge on any atom is 0.412 e. The molecule has 28 heavy (non-hydrogen) atoms. The van der Waals surface area contributed by atoms with Gasteiger partial charge in [0.15, 0.2) is 17.4 Å². The second-order valence-corrected chi connectivity index (χ2v) is 8.97. The largest absolute Gasteiger partial charge is 0.412 e. The highest BCUT2D eigenvalue weighted by Gasteiger charge is 2.45. The van der Waals surface area contributed by atoms with Crippen molar-refractivity contribution in [1.82, 2.24) is 24.4 Å². The molecule has 3 heterocycles. The predicted molar refractivity (Wildman–Crippen MR) is 89.4 cm³/mol. The van der Waals surface area contributed by atoms with Gasteiger partial charge in [-0.1, -0.05) is 0 Å². The van der Waals surface area contributed by atoms with Crippen molar-refractivity contribution >= 4 is 32.6 Å². The summed E-state index contributed by atoms with van der Waals surface area (Å²) in [6.45, 7) is -0.807. The van der Waals surface area contributed by atoms with Gasteiger partial charge in [-0.2, -0.15) is 4.98 Å². The summed E-state index contributed by atoms with van der Waals surface area (Å²) in [6.07, 6.45) is -4.76. The number of H-pyrrole nitrogens is 1. The molecule has 0 saturated carbocycles. The van der Waals surface area contributed by atoms with Gasteiger partial charge in [0.25, 0.3) is 5.56 Å². The molecule has 0 amide bonds. The second-order valence-electron chi connectivity index (χ2n) is 5.78. The molecule has 1 unspecified atom stereocenters. The summed E-state index contributed by atoms with van der Waals surface area (Å²) in [4.78, 5) is 49.6. The Balaban J connectivity index is 1.79. The van der Waals surface area contributed by atoms with Crippen LogP contribution < -0.4 is 16.2 Å². The zero-order valence-electron chi connectivity index (χ0n) is 13.7. The Morgan fingerprint density at radius 3 is 2.64 bits per heavy atom. The van der Waals surface area contributed by atoms with Crippen molar-refractivity contribution in [1.29, 1.82) is 0 Å². The van der Waals surface area contributed by atoms with E-state index in [0.29, 0.717) is 0 Å². The van der Waals surface area contributed by atoms with E-state index in [4.69, 9.17) is 20.3 Å². The van der Waals surface area contributed by atoms with Crippen molar-refractivity contribution in [2.24, 2.45) is 0 Å². The minimum absolute atomic E-state index is 0.0462. The van der Waals surface area contributed by atoms with Gasteiger partial charge in [-0.05, 0) is 0 Å². The smallest absolute Gasteiger partial charge is 0.387 e. The standard InChI is InChI=1S/C10H16N6O10P2/c11-10-13-7-4(8(19)14-10)12-2-16(7)9-6(18)5(17)3(26-9)1-25-28(23,24)15-27(20,21)22/h2-3,5-6,9,17-18H,1H2,(H3,11,13,14,19)(H4,15,20,21,22,23,24)/t3-,5-,6-,9-/m1/s1. The number of nitrogens with two attached hydrogens (primary N) is 1. The highest BCUT2D eigenvalue weighted by Crippen LogP contribution is 2.49. The molecule has 1 aliphatic rings. The van der Waals surface area contributed by atoms with E-state index in [9.17, 15) is 29.0 Å². The van der Waals surface area contributed by atoms with E-state index < -0.39 is 52.2 Å². The number of anilines is 1. The van der Waals surface area contributed by atoms with Crippen LogP contribution in [0.2, 0.25) is 0 Å². The van der Waals surface area contributed by atoms with Gasteiger partial charge in [-0.3, -0.25) is 18.9 Å². The summed E-state index contributed by atoms with van der Waals surface area (Å²) >= 11 is 0. The highest BCUT2D eigenvalue weighted by molar-refractivity contribution is 7.66. The van der Waals surface area contributed by atoms with E-state index in [1.165, 1.54) is 0 Å². The number of hydrogen-bond acceptors (Lipinski definition) is 10. The molecular formula is C10H16N6O10P2. The van der Waals surface area contributed by atoms with Crippen LogP contribution in [0, 0.1) is 0 Å². The molecule has 9 N–H and O–H groups in total. The normalized spacial score (nSPS) is 27.9. The van der Waals surface area contributed by atoms with Crippen LogP contribution in [0.1, 0.15) is 6.23 Å². The van der Waals surface area contributed by atoms with Gasteiger partial charge in [-0.15, -0.1) is 4.86 Å². The first-order valence-electron chi connectivity index (χ1n) is 7.44. The number of nitrogen functional groups attached to an aromatic ring is 1. The van der Waals surface area contributed by atoms with Crippen LogP contribution in [0.25, 0.3) is 11.2 Å². The van der Waals surface area contributed by atoms with Crippen molar-refractivity contribution in [2.45, 2.75) is 24.5 Å². The lowest BCUT2D eigenvalue weighted by Gasteiger charge is -2.18. The van der Waals surface area contributed by atoms with Gasteiger partial charge in [0, 0.05) is 0 Å². The molecule has 3 rings (SSSR count). The summed E-state index contributed by atoms with van der Waals surface area (Å²) in [6, 6.07) is 0. The zero-order chi connectivity index (χ0) is 20.9. The summed E-state index contributed by atoms with van der Waals surface area (Å²) in [5.41, 5.74) is 4.68. The number of nitrogens with one attached hydrogen (secondary N) is 2. The SMILES string of the molecule is Nc1nc2c(ncn2[C@@H]2O[C@H](COP(=O)(O)NP(=O)(O)O)[C@@H](O)[C@H]2O)c(=O)[nH]1. The molecule has 16 nitrogen and oxygen atoms in total.